The zero-order chi connectivity index (χ0) is 19.6. The van der Waals surface area contributed by atoms with Gasteiger partial charge in [-0.25, -0.2) is 0 Å². The molecule has 2 aliphatic rings. The van der Waals surface area contributed by atoms with Crippen LogP contribution in [0.25, 0.3) is 0 Å². The molecule has 0 aromatic carbocycles. The number of morpholine rings is 1. The molecule has 0 aromatic rings. The van der Waals surface area contributed by atoms with Gasteiger partial charge in [-0.1, -0.05) is 20.8 Å². The number of carbonyl (C=O) groups is 2. The predicted molar refractivity (Wildman–Crippen MR) is 106 cm³/mol. The predicted octanol–water partition coefficient (Wildman–Crippen LogP) is 0.698. The van der Waals surface area contributed by atoms with Crippen LogP contribution in [0.2, 0.25) is 0 Å². The summed E-state index contributed by atoms with van der Waals surface area (Å²) in [5.41, 5.74) is 0. The monoisotopic (exact) mass is 382 g/mol. The summed E-state index contributed by atoms with van der Waals surface area (Å²) >= 11 is 0. The second kappa shape index (κ2) is 11.6. The highest BCUT2D eigenvalue weighted by molar-refractivity contribution is 5.79. The molecular formula is C20H38N4O3. The van der Waals surface area contributed by atoms with Crippen LogP contribution >= 0.6 is 0 Å². The highest BCUT2D eigenvalue weighted by atomic mass is 16.5. The van der Waals surface area contributed by atoms with Crippen molar-refractivity contribution in [3.05, 3.63) is 0 Å². The lowest BCUT2D eigenvalue weighted by Gasteiger charge is -2.34. The molecule has 0 bridgehead atoms. The summed E-state index contributed by atoms with van der Waals surface area (Å²) in [5, 5.41) is 6.00. The first kappa shape index (κ1) is 22.1. The van der Waals surface area contributed by atoms with Gasteiger partial charge in [0.1, 0.15) is 0 Å². The van der Waals surface area contributed by atoms with Crippen molar-refractivity contribution in [1.29, 1.82) is 0 Å². The second-order valence-electron chi connectivity index (χ2n) is 8.29. The summed E-state index contributed by atoms with van der Waals surface area (Å²) in [7, 11) is 0. The summed E-state index contributed by atoms with van der Waals surface area (Å²) in [6.45, 7) is 13.5. The van der Waals surface area contributed by atoms with E-state index in [0.717, 1.165) is 65.1 Å². The van der Waals surface area contributed by atoms with Crippen molar-refractivity contribution < 1.29 is 14.3 Å². The number of ether oxygens (including phenoxy) is 1. The Bertz CT molecular complexity index is 464. The van der Waals surface area contributed by atoms with E-state index in [1.165, 1.54) is 0 Å². The lowest BCUT2D eigenvalue weighted by atomic mass is 9.96. The Balaban J connectivity index is 1.61. The summed E-state index contributed by atoms with van der Waals surface area (Å²) in [6, 6.07) is 0. The highest BCUT2D eigenvalue weighted by Crippen LogP contribution is 2.17. The van der Waals surface area contributed by atoms with E-state index in [9.17, 15) is 9.59 Å². The molecule has 0 saturated carbocycles. The van der Waals surface area contributed by atoms with Crippen molar-refractivity contribution in [2.45, 2.75) is 46.1 Å². The lowest BCUT2D eigenvalue weighted by molar-refractivity contribution is -0.127. The van der Waals surface area contributed by atoms with Gasteiger partial charge in [-0.3, -0.25) is 19.4 Å². The molecule has 2 heterocycles. The van der Waals surface area contributed by atoms with E-state index in [-0.39, 0.29) is 23.8 Å². The minimum absolute atomic E-state index is 0.0495. The van der Waals surface area contributed by atoms with Crippen molar-refractivity contribution >= 4 is 11.8 Å². The Hall–Kier alpha value is -1.18. The quantitative estimate of drug-likeness (QED) is 0.614. The molecule has 1 atom stereocenters. The first-order valence-electron chi connectivity index (χ1n) is 10.6. The number of hydrogen-bond acceptors (Lipinski definition) is 5. The highest BCUT2D eigenvalue weighted by Gasteiger charge is 2.26. The lowest BCUT2D eigenvalue weighted by Crippen LogP contribution is -2.50. The molecule has 7 nitrogen and oxygen atoms in total. The molecule has 0 aromatic heterocycles. The molecule has 2 N–H and O–H groups in total. The normalized spacial score (nSPS) is 22.7. The number of nitrogens with one attached hydrogen (secondary N) is 2. The van der Waals surface area contributed by atoms with Crippen LogP contribution in [-0.2, 0) is 14.3 Å². The molecule has 2 aliphatic heterocycles. The van der Waals surface area contributed by atoms with E-state index in [1.807, 2.05) is 0 Å². The molecule has 2 amide bonds. The molecule has 0 radical (unpaired) electrons. The van der Waals surface area contributed by atoms with Crippen LogP contribution in [0.5, 0.6) is 0 Å². The van der Waals surface area contributed by atoms with Crippen LogP contribution in [0.1, 0.15) is 40.0 Å². The number of rotatable bonds is 9. The number of nitrogens with zero attached hydrogens (tertiary/aromatic N) is 2. The van der Waals surface area contributed by atoms with Gasteiger partial charge in [0.05, 0.1) is 19.3 Å². The maximum absolute atomic E-state index is 12.3. The fourth-order valence-electron chi connectivity index (χ4n) is 3.82. The van der Waals surface area contributed by atoms with Gasteiger partial charge in [-0.05, 0) is 38.3 Å². The first-order chi connectivity index (χ1) is 13.0. The molecule has 7 heteroatoms. The standard InChI is InChI=1S/C20H38N4O3/c1-4-7-21-20(26)17-5-8-23(9-6-17)15-19(25)22-12-18-14-24(10-11-27-18)13-16(2)3/h16-18H,4-15H2,1-3H3,(H,21,26)(H,22,25). The average Bonchev–Trinajstić information content (AvgIpc) is 2.65. The molecule has 1 unspecified atom stereocenters. The minimum atomic E-state index is 0.0495. The van der Waals surface area contributed by atoms with Gasteiger partial charge in [0.15, 0.2) is 0 Å². The van der Waals surface area contributed by atoms with Gasteiger partial charge >= 0.3 is 0 Å². The number of amides is 2. The van der Waals surface area contributed by atoms with E-state index in [1.54, 1.807) is 0 Å². The Labute approximate surface area is 164 Å². The summed E-state index contributed by atoms with van der Waals surface area (Å²) in [4.78, 5) is 28.9. The number of hydrogen-bond donors (Lipinski definition) is 2. The van der Waals surface area contributed by atoms with Gasteiger partial charge in [0.25, 0.3) is 0 Å². The van der Waals surface area contributed by atoms with Crippen molar-refractivity contribution in [1.82, 2.24) is 20.4 Å². The van der Waals surface area contributed by atoms with Gasteiger partial charge in [0, 0.05) is 38.6 Å². The third kappa shape index (κ3) is 8.15. The first-order valence-corrected chi connectivity index (χ1v) is 10.6. The maximum atomic E-state index is 12.3. The molecule has 27 heavy (non-hydrogen) atoms. The maximum Gasteiger partial charge on any atom is 0.234 e. The van der Waals surface area contributed by atoms with E-state index in [4.69, 9.17) is 4.74 Å². The van der Waals surface area contributed by atoms with E-state index in [2.05, 4.69) is 41.2 Å². The zero-order valence-electron chi connectivity index (χ0n) is 17.3. The molecule has 156 valence electrons. The van der Waals surface area contributed by atoms with Crippen LogP contribution in [0.4, 0.5) is 0 Å². The van der Waals surface area contributed by atoms with Crippen molar-refractivity contribution in [2.75, 3.05) is 59.0 Å². The SMILES string of the molecule is CCCNC(=O)C1CCN(CC(=O)NCC2CN(CC(C)C)CCO2)CC1. The van der Waals surface area contributed by atoms with Crippen LogP contribution in [0.15, 0.2) is 0 Å². The third-order valence-electron chi connectivity index (χ3n) is 5.25. The Kier molecular flexibility index (Phi) is 9.51. The molecule has 0 aliphatic carbocycles. The number of carbonyl (C=O) groups excluding carboxylic acids is 2. The van der Waals surface area contributed by atoms with E-state index in [0.29, 0.717) is 19.0 Å². The molecule has 2 rings (SSSR count). The van der Waals surface area contributed by atoms with Crippen LogP contribution < -0.4 is 10.6 Å². The van der Waals surface area contributed by atoms with Gasteiger partial charge in [0.2, 0.25) is 11.8 Å². The van der Waals surface area contributed by atoms with Gasteiger partial charge in [-0.15, -0.1) is 0 Å². The zero-order valence-corrected chi connectivity index (χ0v) is 17.3. The Morgan fingerprint density at radius 1 is 1.11 bits per heavy atom. The fraction of sp³-hybridized carbons (Fsp3) is 0.900. The van der Waals surface area contributed by atoms with Crippen LogP contribution in [0, 0.1) is 11.8 Å². The van der Waals surface area contributed by atoms with Gasteiger partial charge < -0.3 is 15.4 Å². The molecule has 0 spiro atoms. The summed E-state index contributed by atoms with van der Waals surface area (Å²) in [5.74, 6) is 0.957. The number of likely N-dealkylation sites (tertiary alicyclic amines) is 1. The third-order valence-corrected chi connectivity index (χ3v) is 5.25. The van der Waals surface area contributed by atoms with Crippen LogP contribution in [-0.4, -0.2) is 86.7 Å². The van der Waals surface area contributed by atoms with Gasteiger partial charge in [-0.2, -0.15) is 0 Å². The summed E-state index contributed by atoms with van der Waals surface area (Å²) < 4.78 is 5.79. The Morgan fingerprint density at radius 3 is 2.52 bits per heavy atom. The van der Waals surface area contributed by atoms with Crippen molar-refractivity contribution in [2.24, 2.45) is 11.8 Å². The average molecular weight is 383 g/mol. The minimum Gasteiger partial charge on any atom is -0.374 e. The van der Waals surface area contributed by atoms with Crippen molar-refractivity contribution in [3.63, 3.8) is 0 Å². The topological polar surface area (TPSA) is 73.9 Å². The molecule has 2 fully saturated rings. The largest absolute Gasteiger partial charge is 0.374 e. The summed E-state index contributed by atoms with van der Waals surface area (Å²) in [6.07, 6.45) is 2.71. The van der Waals surface area contributed by atoms with E-state index >= 15 is 0 Å². The smallest absolute Gasteiger partial charge is 0.234 e. The fourth-order valence-corrected chi connectivity index (χ4v) is 3.82. The molecule has 2 saturated heterocycles. The second-order valence-corrected chi connectivity index (χ2v) is 8.29. The molecular weight excluding hydrogens is 344 g/mol. The Morgan fingerprint density at radius 2 is 1.85 bits per heavy atom. The van der Waals surface area contributed by atoms with Crippen molar-refractivity contribution in [3.8, 4) is 0 Å². The number of piperidine rings is 1. The van der Waals surface area contributed by atoms with E-state index < -0.39 is 0 Å². The van der Waals surface area contributed by atoms with Crippen LogP contribution in [0.3, 0.4) is 0 Å².